The van der Waals surface area contributed by atoms with Crippen molar-refractivity contribution in [2.24, 2.45) is 0 Å². The molecule has 0 radical (unpaired) electrons. The van der Waals surface area contributed by atoms with Crippen molar-refractivity contribution in [1.82, 2.24) is 14.8 Å². The minimum atomic E-state index is -4.35. The van der Waals surface area contributed by atoms with Gasteiger partial charge in [-0.15, -0.1) is 10.2 Å². The molecule has 3 aromatic rings. The molecule has 1 aromatic carbocycles. The summed E-state index contributed by atoms with van der Waals surface area (Å²) in [6.07, 6.45) is -4.35. The summed E-state index contributed by atoms with van der Waals surface area (Å²) in [5, 5.41) is 8.07. The van der Waals surface area contributed by atoms with E-state index >= 15 is 0 Å². The Bertz CT molecular complexity index is 997. The SMILES string of the molecule is Cc1cc(C(=O)CSc2nnc(-c3ccc(Br)cc3)o2)c(C)n1CC(F)(F)F. The summed E-state index contributed by atoms with van der Waals surface area (Å²) in [5.74, 6) is 0.0129. The van der Waals surface area contributed by atoms with Gasteiger partial charge in [-0.1, -0.05) is 27.7 Å². The summed E-state index contributed by atoms with van der Waals surface area (Å²) in [7, 11) is 0. The fourth-order valence-corrected chi connectivity index (χ4v) is 3.60. The number of Topliss-reactive ketones (excluding diaryl/α,β-unsaturated/α-hetero) is 1. The molecule has 0 N–H and O–H groups in total. The van der Waals surface area contributed by atoms with E-state index in [1.54, 1.807) is 6.92 Å². The average Bonchev–Trinajstić information content (AvgIpc) is 3.19. The van der Waals surface area contributed by atoms with Crippen molar-refractivity contribution in [3.8, 4) is 11.5 Å². The molecule has 0 atom stereocenters. The van der Waals surface area contributed by atoms with Crippen molar-refractivity contribution < 1.29 is 22.4 Å². The smallest absolute Gasteiger partial charge is 0.406 e. The molecule has 2 aromatic heterocycles. The van der Waals surface area contributed by atoms with Crippen LogP contribution >= 0.6 is 27.7 Å². The first-order valence-electron chi connectivity index (χ1n) is 8.13. The molecular weight excluding hydrogens is 459 g/mol. The van der Waals surface area contributed by atoms with E-state index in [0.29, 0.717) is 17.3 Å². The number of hydrogen-bond donors (Lipinski definition) is 0. The first-order chi connectivity index (χ1) is 13.1. The van der Waals surface area contributed by atoms with E-state index in [2.05, 4.69) is 26.1 Å². The lowest BCUT2D eigenvalue weighted by Crippen LogP contribution is -2.19. The largest absolute Gasteiger partial charge is 0.411 e. The lowest BCUT2D eigenvalue weighted by Gasteiger charge is -2.12. The predicted molar refractivity (Wildman–Crippen MR) is 102 cm³/mol. The van der Waals surface area contributed by atoms with Crippen molar-refractivity contribution in [2.75, 3.05) is 5.75 Å². The molecule has 0 aliphatic rings. The number of benzene rings is 1. The molecule has 10 heteroatoms. The highest BCUT2D eigenvalue weighted by atomic mass is 79.9. The number of halogens is 4. The number of carbonyl (C=O) groups excluding carboxylic acids is 1. The molecule has 0 saturated heterocycles. The van der Waals surface area contributed by atoms with Gasteiger partial charge >= 0.3 is 6.18 Å². The van der Waals surface area contributed by atoms with Crippen LogP contribution in [0.1, 0.15) is 21.7 Å². The zero-order chi connectivity index (χ0) is 20.5. The fourth-order valence-electron chi connectivity index (χ4n) is 2.69. The fraction of sp³-hybridized carbons (Fsp3) is 0.278. The normalized spacial score (nSPS) is 11.8. The second-order valence-corrected chi connectivity index (χ2v) is 7.92. The summed E-state index contributed by atoms with van der Waals surface area (Å²) in [4.78, 5) is 12.5. The molecule has 0 bridgehead atoms. The molecule has 148 valence electrons. The molecule has 0 aliphatic carbocycles. The summed E-state index contributed by atoms with van der Waals surface area (Å²) in [6.45, 7) is 1.94. The zero-order valence-electron chi connectivity index (χ0n) is 14.9. The topological polar surface area (TPSA) is 60.9 Å². The van der Waals surface area contributed by atoms with Crippen LogP contribution in [0.25, 0.3) is 11.5 Å². The minimum absolute atomic E-state index is 0.0156. The Morgan fingerprint density at radius 1 is 1.21 bits per heavy atom. The number of ketones is 1. The Kier molecular flexibility index (Phi) is 5.99. The molecule has 0 amide bonds. The Morgan fingerprint density at radius 3 is 2.54 bits per heavy atom. The van der Waals surface area contributed by atoms with Gasteiger partial charge in [0.1, 0.15) is 6.54 Å². The third-order valence-electron chi connectivity index (χ3n) is 4.04. The van der Waals surface area contributed by atoms with Crippen LogP contribution in [0.15, 0.2) is 44.4 Å². The molecule has 0 saturated carbocycles. The van der Waals surface area contributed by atoms with E-state index in [1.165, 1.54) is 13.0 Å². The van der Waals surface area contributed by atoms with E-state index in [0.717, 1.165) is 26.4 Å². The van der Waals surface area contributed by atoms with E-state index in [9.17, 15) is 18.0 Å². The summed E-state index contributed by atoms with van der Waals surface area (Å²) in [6, 6.07) is 8.78. The van der Waals surface area contributed by atoms with Gasteiger partial charge in [0.25, 0.3) is 5.22 Å². The molecule has 0 spiro atoms. The third-order valence-corrected chi connectivity index (χ3v) is 5.38. The van der Waals surface area contributed by atoms with Crippen molar-refractivity contribution in [2.45, 2.75) is 31.8 Å². The van der Waals surface area contributed by atoms with Crippen LogP contribution in [-0.2, 0) is 6.54 Å². The van der Waals surface area contributed by atoms with Gasteiger partial charge in [-0.25, -0.2) is 0 Å². The van der Waals surface area contributed by atoms with Gasteiger partial charge in [0.05, 0.1) is 5.75 Å². The van der Waals surface area contributed by atoms with Gasteiger partial charge in [-0.3, -0.25) is 4.79 Å². The Labute approximate surface area is 171 Å². The van der Waals surface area contributed by atoms with Crippen LogP contribution in [0, 0.1) is 13.8 Å². The standard InChI is InChI=1S/C18H15BrF3N3O2S/c1-10-7-14(11(2)25(10)9-18(20,21)22)15(26)8-28-17-24-23-16(27-17)12-3-5-13(19)6-4-12/h3-7H,8-9H2,1-2H3. The second kappa shape index (κ2) is 8.12. The van der Waals surface area contributed by atoms with Crippen LogP contribution in [-0.4, -0.2) is 32.5 Å². The van der Waals surface area contributed by atoms with Crippen LogP contribution in [0.4, 0.5) is 13.2 Å². The molecule has 0 aliphatic heterocycles. The molecule has 2 heterocycles. The third kappa shape index (κ3) is 4.85. The summed E-state index contributed by atoms with van der Waals surface area (Å²) >= 11 is 4.39. The second-order valence-electron chi connectivity index (χ2n) is 6.08. The number of rotatable bonds is 6. The number of alkyl halides is 3. The highest BCUT2D eigenvalue weighted by Gasteiger charge is 2.30. The lowest BCUT2D eigenvalue weighted by atomic mass is 10.2. The quantitative estimate of drug-likeness (QED) is 0.351. The Morgan fingerprint density at radius 2 is 1.89 bits per heavy atom. The number of hydrogen-bond acceptors (Lipinski definition) is 5. The number of aromatic nitrogens is 3. The van der Waals surface area contributed by atoms with E-state index in [-0.39, 0.29) is 22.3 Å². The monoisotopic (exact) mass is 473 g/mol. The summed E-state index contributed by atoms with van der Waals surface area (Å²) < 4.78 is 45.7. The predicted octanol–water partition coefficient (Wildman–Crippen LogP) is 5.45. The van der Waals surface area contributed by atoms with Gasteiger partial charge in [-0.2, -0.15) is 13.2 Å². The van der Waals surface area contributed by atoms with Gasteiger partial charge in [0.15, 0.2) is 5.78 Å². The van der Waals surface area contributed by atoms with E-state index in [1.807, 2.05) is 24.3 Å². The van der Waals surface area contributed by atoms with Crippen molar-refractivity contribution in [3.63, 3.8) is 0 Å². The first-order valence-corrected chi connectivity index (χ1v) is 9.91. The van der Waals surface area contributed by atoms with Gasteiger partial charge in [-0.05, 0) is 44.2 Å². The van der Waals surface area contributed by atoms with E-state index < -0.39 is 12.7 Å². The zero-order valence-corrected chi connectivity index (χ0v) is 17.3. The maximum atomic E-state index is 12.7. The molecule has 0 unspecified atom stereocenters. The highest BCUT2D eigenvalue weighted by Crippen LogP contribution is 2.27. The van der Waals surface area contributed by atoms with E-state index in [4.69, 9.17) is 4.42 Å². The lowest BCUT2D eigenvalue weighted by molar-refractivity contribution is -0.141. The number of nitrogens with zero attached hydrogens (tertiary/aromatic N) is 3. The van der Waals surface area contributed by atoms with Crippen molar-refractivity contribution >= 4 is 33.5 Å². The van der Waals surface area contributed by atoms with Gasteiger partial charge in [0.2, 0.25) is 5.89 Å². The van der Waals surface area contributed by atoms with Gasteiger partial charge < -0.3 is 8.98 Å². The molecule has 3 rings (SSSR count). The molecule has 28 heavy (non-hydrogen) atoms. The van der Waals surface area contributed by atoms with Crippen LogP contribution in [0.3, 0.4) is 0 Å². The average molecular weight is 474 g/mol. The minimum Gasteiger partial charge on any atom is -0.411 e. The van der Waals surface area contributed by atoms with Crippen LogP contribution in [0.5, 0.6) is 0 Å². The van der Waals surface area contributed by atoms with Crippen molar-refractivity contribution in [3.05, 3.63) is 51.8 Å². The van der Waals surface area contributed by atoms with Crippen LogP contribution in [0.2, 0.25) is 0 Å². The summed E-state index contributed by atoms with van der Waals surface area (Å²) in [5.41, 5.74) is 1.69. The number of aryl methyl sites for hydroxylation is 1. The van der Waals surface area contributed by atoms with Crippen molar-refractivity contribution in [1.29, 1.82) is 0 Å². The maximum absolute atomic E-state index is 12.7. The van der Waals surface area contributed by atoms with Gasteiger partial charge in [0, 0.05) is 27.0 Å². The maximum Gasteiger partial charge on any atom is 0.406 e. The Balaban J connectivity index is 1.68. The molecule has 0 fully saturated rings. The Hall–Kier alpha value is -2.07. The molecular formula is C18H15BrF3N3O2S. The first kappa shape index (κ1) is 20.7. The number of carbonyl (C=O) groups is 1. The van der Waals surface area contributed by atoms with Crippen LogP contribution < -0.4 is 0 Å². The highest BCUT2D eigenvalue weighted by molar-refractivity contribution is 9.10. The number of thioether (sulfide) groups is 1. The molecule has 5 nitrogen and oxygen atoms in total.